The fourth-order valence-corrected chi connectivity index (χ4v) is 4.29. The number of nitriles is 4. The molecule has 0 N–H and O–H groups in total. The maximum absolute atomic E-state index is 13.5. The lowest BCUT2D eigenvalue weighted by Gasteiger charge is -2.13. The van der Waals surface area contributed by atoms with Gasteiger partial charge in [0.25, 0.3) is 0 Å². The summed E-state index contributed by atoms with van der Waals surface area (Å²) in [6, 6.07) is 30.6. The molecule has 180 valence electrons. The minimum Gasteiger partial charge on any atom is -0.422 e. The maximum atomic E-state index is 13.5. The molecule has 0 atom stereocenters. The second-order valence-corrected chi connectivity index (χ2v) is 8.76. The van der Waals surface area contributed by atoms with Gasteiger partial charge >= 0.3 is 5.63 Å². The zero-order valence-corrected chi connectivity index (χ0v) is 20.7. The summed E-state index contributed by atoms with van der Waals surface area (Å²) in [5.41, 5.74) is 2.11. The number of rotatable bonds is 4. The van der Waals surface area contributed by atoms with E-state index in [2.05, 4.69) is 0 Å². The van der Waals surface area contributed by atoms with Gasteiger partial charge in [-0.3, -0.25) is 0 Å². The third-order valence-corrected chi connectivity index (χ3v) is 6.18. The number of allylic oxidation sites excluding steroid dienone is 2. The SMILES string of the molecule is CC(C)c1cccc2oc(=O)c(C(C(=C(C#N)C#N)c3ccccc3)=c3ccc(=C(C#N)C#N)cc3)c-2c1. The van der Waals surface area contributed by atoms with E-state index in [1.165, 1.54) is 0 Å². The predicted molar refractivity (Wildman–Crippen MR) is 143 cm³/mol. The van der Waals surface area contributed by atoms with Crippen LogP contribution in [0.25, 0.3) is 28.0 Å². The lowest BCUT2D eigenvalue weighted by Crippen LogP contribution is -2.17. The summed E-state index contributed by atoms with van der Waals surface area (Å²) in [6.07, 6.45) is 0. The summed E-state index contributed by atoms with van der Waals surface area (Å²) in [5.74, 6) is 0.536. The van der Waals surface area contributed by atoms with Crippen LogP contribution in [0, 0.1) is 45.3 Å². The number of nitrogens with zero attached hydrogens (tertiary/aromatic N) is 4. The average molecular weight is 493 g/mol. The van der Waals surface area contributed by atoms with Gasteiger partial charge in [0.2, 0.25) is 0 Å². The van der Waals surface area contributed by atoms with Crippen molar-refractivity contribution in [2.45, 2.75) is 19.8 Å². The standard InChI is InChI=1S/C32H20N4O2/c1-20(2)24-9-6-10-28-27(15-24)31(32(37)38-28)30(23-13-11-21(12-14-23)25(16-33)17-34)29(26(18-35)19-36)22-7-4-3-5-8-22/h3-15,20H,1-2H3. The van der Waals surface area contributed by atoms with E-state index in [4.69, 9.17) is 4.42 Å². The third-order valence-electron chi connectivity index (χ3n) is 6.18. The highest BCUT2D eigenvalue weighted by Crippen LogP contribution is 2.37. The summed E-state index contributed by atoms with van der Waals surface area (Å²) in [5, 5.41) is 39.4. The molecule has 2 aromatic carbocycles. The Bertz CT molecular complexity index is 1850. The zero-order chi connectivity index (χ0) is 27.2. The van der Waals surface area contributed by atoms with Crippen LogP contribution < -0.4 is 16.1 Å². The van der Waals surface area contributed by atoms with Crippen LogP contribution in [0.2, 0.25) is 0 Å². The van der Waals surface area contributed by atoms with Gasteiger partial charge in [0.05, 0.1) is 5.56 Å². The Balaban J connectivity index is 2.27. The number of hydrogen-bond donors (Lipinski definition) is 0. The second kappa shape index (κ2) is 10.9. The number of furan rings is 1. The van der Waals surface area contributed by atoms with E-state index in [0.29, 0.717) is 32.9 Å². The van der Waals surface area contributed by atoms with E-state index in [9.17, 15) is 25.8 Å². The molecule has 0 unspecified atom stereocenters. The van der Waals surface area contributed by atoms with Gasteiger partial charge < -0.3 is 4.42 Å². The molecule has 0 amide bonds. The van der Waals surface area contributed by atoms with Crippen LogP contribution in [0.3, 0.4) is 0 Å². The molecule has 1 heterocycles. The smallest absolute Gasteiger partial charge is 0.344 e. The molecule has 0 saturated heterocycles. The molecule has 6 nitrogen and oxygen atoms in total. The molecule has 0 fully saturated rings. The van der Waals surface area contributed by atoms with Gasteiger partial charge in [-0.05, 0) is 34.4 Å². The Morgan fingerprint density at radius 3 is 1.97 bits per heavy atom. The molecule has 0 spiro atoms. The van der Waals surface area contributed by atoms with E-state index in [1.807, 2.05) is 62.4 Å². The average Bonchev–Trinajstić information content (AvgIpc) is 3.09. The molecule has 0 radical (unpaired) electrons. The van der Waals surface area contributed by atoms with E-state index in [-0.39, 0.29) is 28.2 Å². The van der Waals surface area contributed by atoms with Crippen molar-refractivity contribution in [2.75, 3.05) is 0 Å². The van der Waals surface area contributed by atoms with Gasteiger partial charge in [-0.15, -0.1) is 0 Å². The Morgan fingerprint density at radius 2 is 1.39 bits per heavy atom. The molecular weight excluding hydrogens is 472 g/mol. The Labute approximate surface area is 219 Å². The van der Waals surface area contributed by atoms with Crippen molar-refractivity contribution < 1.29 is 4.42 Å². The summed E-state index contributed by atoms with van der Waals surface area (Å²) in [4.78, 5) is 13.5. The molecule has 4 rings (SSSR count). The number of benzene rings is 2. The van der Waals surface area contributed by atoms with Crippen LogP contribution in [-0.4, -0.2) is 0 Å². The van der Waals surface area contributed by atoms with Crippen LogP contribution >= 0.6 is 0 Å². The van der Waals surface area contributed by atoms with Crippen LogP contribution in [0.15, 0.2) is 93.6 Å². The number of fused-ring (bicyclic) bond motifs is 1. The molecule has 38 heavy (non-hydrogen) atoms. The van der Waals surface area contributed by atoms with Crippen molar-refractivity contribution in [3.63, 3.8) is 0 Å². The van der Waals surface area contributed by atoms with Crippen LogP contribution in [0.4, 0.5) is 0 Å². The molecule has 0 bridgehead atoms. The van der Waals surface area contributed by atoms with Crippen molar-refractivity contribution in [2.24, 2.45) is 0 Å². The minimum absolute atomic E-state index is 0.0569. The lowest BCUT2D eigenvalue weighted by molar-refractivity contribution is 0.544. The van der Waals surface area contributed by atoms with Gasteiger partial charge in [-0.25, -0.2) is 4.79 Å². The van der Waals surface area contributed by atoms with Crippen molar-refractivity contribution in [3.05, 3.63) is 122 Å². The molecule has 0 aromatic heterocycles. The fourth-order valence-electron chi connectivity index (χ4n) is 4.29. The first kappa shape index (κ1) is 25.4. The third kappa shape index (κ3) is 4.72. The Hall–Kier alpha value is -5.69. The normalized spacial score (nSPS) is 10.1. The van der Waals surface area contributed by atoms with Crippen LogP contribution in [0.5, 0.6) is 0 Å². The van der Waals surface area contributed by atoms with Crippen LogP contribution in [-0.2, 0) is 0 Å². The molecule has 2 aromatic rings. The van der Waals surface area contributed by atoms with Gasteiger partial charge in [-0.2, -0.15) is 21.0 Å². The maximum Gasteiger partial charge on any atom is 0.344 e. The number of hydrogen-bond acceptors (Lipinski definition) is 6. The van der Waals surface area contributed by atoms with Gasteiger partial charge in [0.15, 0.2) is 0 Å². The van der Waals surface area contributed by atoms with Crippen molar-refractivity contribution in [3.8, 4) is 35.6 Å². The molecule has 2 aliphatic rings. The first-order valence-electron chi connectivity index (χ1n) is 11.8. The van der Waals surface area contributed by atoms with Gasteiger partial charge in [-0.1, -0.05) is 80.6 Å². The fraction of sp³-hybridized carbons (Fsp3) is 0.0938. The van der Waals surface area contributed by atoms with E-state index in [1.54, 1.807) is 54.6 Å². The van der Waals surface area contributed by atoms with E-state index < -0.39 is 5.63 Å². The molecule has 1 aliphatic heterocycles. The van der Waals surface area contributed by atoms with Crippen molar-refractivity contribution in [1.29, 1.82) is 21.0 Å². The molecule has 0 saturated carbocycles. The highest BCUT2D eigenvalue weighted by Gasteiger charge is 2.26. The second-order valence-electron chi connectivity index (χ2n) is 8.76. The largest absolute Gasteiger partial charge is 0.422 e. The first-order valence-corrected chi connectivity index (χ1v) is 11.8. The molecular formula is C32H20N4O2. The summed E-state index contributed by atoms with van der Waals surface area (Å²) in [6.45, 7) is 4.08. The van der Waals surface area contributed by atoms with E-state index in [0.717, 1.165) is 5.56 Å². The Kier molecular flexibility index (Phi) is 7.30. The quantitative estimate of drug-likeness (QED) is 0.378. The highest BCUT2D eigenvalue weighted by atomic mass is 16.4. The summed E-state index contributed by atoms with van der Waals surface area (Å²) < 4.78 is 5.67. The topological polar surface area (TPSA) is 125 Å². The highest BCUT2D eigenvalue weighted by molar-refractivity contribution is 6.10. The summed E-state index contributed by atoms with van der Waals surface area (Å²) in [7, 11) is 0. The molecule has 1 aliphatic carbocycles. The van der Waals surface area contributed by atoms with Crippen molar-refractivity contribution >= 4 is 16.7 Å². The lowest BCUT2D eigenvalue weighted by atomic mass is 9.86. The van der Waals surface area contributed by atoms with Gasteiger partial charge in [0.1, 0.15) is 41.2 Å². The van der Waals surface area contributed by atoms with Crippen LogP contribution in [0.1, 0.15) is 36.5 Å². The zero-order valence-electron chi connectivity index (χ0n) is 20.7. The van der Waals surface area contributed by atoms with Crippen molar-refractivity contribution in [1.82, 2.24) is 0 Å². The van der Waals surface area contributed by atoms with Gasteiger partial charge in [0, 0.05) is 21.9 Å². The first-order chi connectivity index (χ1) is 18.4. The van der Waals surface area contributed by atoms with E-state index >= 15 is 0 Å². The monoisotopic (exact) mass is 492 g/mol. The predicted octanol–water partition coefficient (Wildman–Crippen LogP) is 4.77. The Morgan fingerprint density at radius 1 is 0.763 bits per heavy atom. The molecule has 6 heteroatoms. The summed E-state index contributed by atoms with van der Waals surface area (Å²) >= 11 is 0. The minimum atomic E-state index is -0.607.